The number of rotatable bonds is 4. The number of nitrogens with one attached hydrogen (secondary N) is 1. The molecule has 1 saturated heterocycles. The first-order valence-electron chi connectivity index (χ1n) is 7.30. The highest BCUT2D eigenvalue weighted by atomic mass is 16.2. The van der Waals surface area contributed by atoms with Gasteiger partial charge >= 0.3 is 0 Å². The van der Waals surface area contributed by atoms with E-state index in [1.54, 1.807) is 0 Å². The molecule has 104 valence electrons. The van der Waals surface area contributed by atoms with Gasteiger partial charge < -0.3 is 10.2 Å². The van der Waals surface area contributed by atoms with Gasteiger partial charge in [0, 0.05) is 26.2 Å². The fourth-order valence-electron chi connectivity index (χ4n) is 2.90. The molecular weight excluding hydrogens is 236 g/mol. The molecule has 2 atom stereocenters. The summed E-state index contributed by atoms with van der Waals surface area (Å²) < 4.78 is 0. The summed E-state index contributed by atoms with van der Waals surface area (Å²) in [4.78, 5) is 14.4. The lowest BCUT2D eigenvalue weighted by Crippen LogP contribution is -2.45. The van der Waals surface area contributed by atoms with Crippen LogP contribution in [0.15, 0.2) is 30.3 Å². The summed E-state index contributed by atoms with van der Waals surface area (Å²) in [5.74, 6) is 0.886. The Balaban J connectivity index is 2.03. The third-order valence-corrected chi connectivity index (χ3v) is 4.05. The summed E-state index contributed by atoms with van der Waals surface area (Å²) in [6, 6.07) is 10.5. The van der Waals surface area contributed by atoms with Gasteiger partial charge in [-0.1, -0.05) is 30.3 Å². The first kappa shape index (κ1) is 14.1. The Morgan fingerprint density at radius 2 is 1.89 bits per heavy atom. The first-order chi connectivity index (χ1) is 9.26. The number of hydrogen-bond acceptors (Lipinski definition) is 2. The highest BCUT2D eigenvalue weighted by molar-refractivity contribution is 5.79. The fourth-order valence-corrected chi connectivity index (χ4v) is 2.90. The molecule has 0 radical (unpaired) electrons. The molecule has 0 bridgehead atoms. The summed E-state index contributed by atoms with van der Waals surface area (Å²) in [5.41, 5.74) is 1.34. The molecule has 19 heavy (non-hydrogen) atoms. The molecule has 0 saturated carbocycles. The second-order valence-electron chi connectivity index (χ2n) is 5.21. The lowest BCUT2D eigenvalue weighted by Gasteiger charge is -2.32. The van der Waals surface area contributed by atoms with Crippen molar-refractivity contribution in [2.45, 2.75) is 26.2 Å². The molecule has 1 heterocycles. The highest BCUT2D eigenvalue weighted by Crippen LogP contribution is 2.27. The van der Waals surface area contributed by atoms with E-state index in [1.807, 2.05) is 24.8 Å². The molecule has 3 nitrogen and oxygen atoms in total. The maximum absolute atomic E-state index is 12.4. The molecule has 1 fully saturated rings. The van der Waals surface area contributed by atoms with Crippen LogP contribution in [0.1, 0.15) is 31.7 Å². The maximum Gasteiger partial charge on any atom is 0.226 e. The molecule has 3 heteroatoms. The molecule has 0 aliphatic carbocycles. The minimum absolute atomic E-state index is 0.124. The van der Waals surface area contributed by atoms with E-state index in [2.05, 4.69) is 29.6 Å². The van der Waals surface area contributed by atoms with Gasteiger partial charge in [-0.15, -0.1) is 0 Å². The zero-order chi connectivity index (χ0) is 13.7. The van der Waals surface area contributed by atoms with E-state index >= 15 is 0 Å². The van der Waals surface area contributed by atoms with Gasteiger partial charge in [0.2, 0.25) is 5.91 Å². The van der Waals surface area contributed by atoms with Crippen LogP contribution in [-0.4, -0.2) is 37.0 Å². The van der Waals surface area contributed by atoms with Crippen LogP contribution < -0.4 is 5.32 Å². The second-order valence-corrected chi connectivity index (χ2v) is 5.21. The summed E-state index contributed by atoms with van der Waals surface area (Å²) in [6.07, 6.45) is 0.965. The van der Waals surface area contributed by atoms with Crippen molar-refractivity contribution < 1.29 is 4.79 Å². The number of benzene rings is 1. The van der Waals surface area contributed by atoms with Crippen molar-refractivity contribution in [1.82, 2.24) is 10.2 Å². The van der Waals surface area contributed by atoms with E-state index in [1.165, 1.54) is 5.56 Å². The van der Waals surface area contributed by atoms with Crippen LogP contribution >= 0.6 is 0 Å². The third kappa shape index (κ3) is 3.35. The molecule has 1 N–H and O–H groups in total. The van der Waals surface area contributed by atoms with E-state index in [0.29, 0.717) is 11.8 Å². The van der Waals surface area contributed by atoms with Crippen LogP contribution in [0.4, 0.5) is 0 Å². The predicted octanol–water partition coefficient (Wildman–Crippen LogP) is 2.25. The van der Waals surface area contributed by atoms with Gasteiger partial charge in [-0.3, -0.25) is 4.79 Å². The van der Waals surface area contributed by atoms with E-state index in [4.69, 9.17) is 0 Å². The normalized spacial score (nSPS) is 23.1. The van der Waals surface area contributed by atoms with Crippen molar-refractivity contribution in [3.63, 3.8) is 0 Å². The predicted molar refractivity (Wildman–Crippen MR) is 78.1 cm³/mol. The van der Waals surface area contributed by atoms with Gasteiger partial charge in [-0.2, -0.15) is 0 Å². The van der Waals surface area contributed by atoms with Gasteiger partial charge in [0.1, 0.15) is 0 Å². The number of amides is 1. The first-order valence-corrected chi connectivity index (χ1v) is 7.30. The lowest BCUT2D eigenvalue weighted by atomic mass is 9.85. The van der Waals surface area contributed by atoms with Crippen LogP contribution in [0.25, 0.3) is 0 Å². The SMILES string of the molecule is CCN(CC)C(=O)C1CNCC(c2ccccc2)C1. The average molecular weight is 260 g/mol. The molecular formula is C16H24N2O. The lowest BCUT2D eigenvalue weighted by molar-refractivity contribution is -0.135. The van der Waals surface area contributed by atoms with Gasteiger partial charge in [0.05, 0.1) is 5.92 Å². The summed E-state index contributed by atoms with van der Waals surface area (Å²) >= 11 is 0. The van der Waals surface area contributed by atoms with Crippen molar-refractivity contribution in [1.29, 1.82) is 0 Å². The molecule has 1 aromatic rings. The molecule has 2 rings (SSSR count). The van der Waals surface area contributed by atoms with Crippen LogP contribution in [0.5, 0.6) is 0 Å². The molecule has 0 aromatic heterocycles. The summed E-state index contributed by atoms with van der Waals surface area (Å²) in [6.45, 7) is 7.51. The average Bonchev–Trinajstić information content (AvgIpc) is 2.49. The van der Waals surface area contributed by atoms with E-state index in [0.717, 1.165) is 32.6 Å². The fraction of sp³-hybridized carbons (Fsp3) is 0.562. The quantitative estimate of drug-likeness (QED) is 0.900. The number of piperidine rings is 1. The Morgan fingerprint density at radius 1 is 1.21 bits per heavy atom. The van der Waals surface area contributed by atoms with Crippen LogP contribution in [-0.2, 0) is 4.79 Å². The standard InChI is InChI=1S/C16H24N2O/c1-3-18(4-2)16(19)15-10-14(11-17-12-15)13-8-6-5-7-9-13/h5-9,14-15,17H,3-4,10-12H2,1-2H3. The topological polar surface area (TPSA) is 32.3 Å². The zero-order valence-electron chi connectivity index (χ0n) is 11.9. The Bertz CT molecular complexity index is 400. The van der Waals surface area contributed by atoms with Crippen molar-refractivity contribution in [2.24, 2.45) is 5.92 Å². The van der Waals surface area contributed by atoms with Gasteiger partial charge in [-0.05, 0) is 31.7 Å². The Kier molecular flexibility index (Phi) is 4.97. The number of hydrogen-bond donors (Lipinski definition) is 1. The highest BCUT2D eigenvalue weighted by Gasteiger charge is 2.29. The summed E-state index contributed by atoms with van der Waals surface area (Å²) in [7, 11) is 0. The largest absolute Gasteiger partial charge is 0.343 e. The Hall–Kier alpha value is -1.35. The number of carbonyl (C=O) groups excluding carboxylic acids is 1. The maximum atomic E-state index is 12.4. The van der Waals surface area contributed by atoms with Crippen molar-refractivity contribution in [3.05, 3.63) is 35.9 Å². The number of carbonyl (C=O) groups is 1. The molecule has 1 aliphatic rings. The zero-order valence-corrected chi connectivity index (χ0v) is 11.9. The van der Waals surface area contributed by atoms with Crippen LogP contribution in [0.2, 0.25) is 0 Å². The minimum atomic E-state index is 0.124. The second kappa shape index (κ2) is 6.71. The molecule has 1 aliphatic heterocycles. The van der Waals surface area contributed by atoms with Crippen molar-refractivity contribution in [3.8, 4) is 0 Å². The molecule has 1 amide bonds. The van der Waals surface area contributed by atoms with E-state index < -0.39 is 0 Å². The van der Waals surface area contributed by atoms with Crippen LogP contribution in [0.3, 0.4) is 0 Å². The van der Waals surface area contributed by atoms with E-state index in [-0.39, 0.29) is 5.92 Å². The van der Waals surface area contributed by atoms with Gasteiger partial charge in [0.25, 0.3) is 0 Å². The molecule has 1 aromatic carbocycles. The number of nitrogens with zero attached hydrogens (tertiary/aromatic N) is 1. The summed E-state index contributed by atoms with van der Waals surface area (Å²) in [5, 5.41) is 3.42. The molecule has 2 unspecified atom stereocenters. The van der Waals surface area contributed by atoms with Crippen molar-refractivity contribution >= 4 is 5.91 Å². The Morgan fingerprint density at radius 3 is 2.53 bits per heavy atom. The smallest absolute Gasteiger partial charge is 0.226 e. The van der Waals surface area contributed by atoms with Gasteiger partial charge in [0.15, 0.2) is 0 Å². The van der Waals surface area contributed by atoms with Gasteiger partial charge in [-0.25, -0.2) is 0 Å². The minimum Gasteiger partial charge on any atom is -0.343 e. The van der Waals surface area contributed by atoms with Crippen molar-refractivity contribution in [2.75, 3.05) is 26.2 Å². The Labute approximate surface area is 116 Å². The van der Waals surface area contributed by atoms with Crippen LogP contribution in [0, 0.1) is 5.92 Å². The molecule has 0 spiro atoms. The third-order valence-electron chi connectivity index (χ3n) is 4.05. The monoisotopic (exact) mass is 260 g/mol. The van der Waals surface area contributed by atoms with E-state index in [9.17, 15) is 4.79 Å².